The lowest BCUT2D eigenvalue weighted by Crippen LogP contribution is -2.17. The fraction of sp³-hybridized carbons (Fsp3) is 0.417. The molecule has 1 fully saturated rings. The number of hydrogen-bond donors (Lipinski definition) is 0. The van der Waals surface area contributed by atoms with Crippen LogP contribution in [0.3, 0.4) is 0 Å². The Balaban J connectivity index is 0.000000151. The van der Waals surface area contributed by atoms with Gasteiger partial charge < -0.3 is 0 Å². The zero-order valence-electron chi connectivity index (χ0n) is 8.90. The number of nitrogens with zero attached hydrogens (tertiary/aromatic N) is 1. The Bertz CT molecular complexity index is 317. The summed E-state index contributed by atoms with van der Waals surface area (Å²) in [5, 5.41) is 0. The van der Waals surface area contributed by atoms with Gasteiger partial charge in [0.25, 0.3) is 0 Å². The third-order valence-corrected chi connectivity index (χ3v) is 2.18. The molecule has 15 heavy (non-hydrogen) atoms. The summed E-state index contributed by atoms with van der Waals surface area (Å²) in [5.41, 5.74) is 1.07. The van der Waals surface area contributed by atoms with Crippen molar-refractivity contribution in [3.05, 3.63) is 30.1 Å². The van der Waals surface area contributed by atoms with Crippen molar-refractivity contribution in [3.8, 4) is 0 Å². The van der Waals surface area contributed by atoms with Crippen LogP contribution >= 0.6 is 0 Å². The maximum absolute atomic E-state index is 10.4. The average molecular weight is 205 g/mol. The van der Waals surface area contributed by atoms with Crippen molar-refractivity contribution in [2.45, 2.75) is 32.6 Å². The lowest BCUT2D eigenvalue weighted by Gasteiger charge is -2.04. The molecule has 2 rings (SSSR count). The summed E-state index contributed by atoms with van der Waals surface area (Å²) >= 11 is 0. The monoisotopic (exact) mass is 205 g/mol. The second kappa shape index (κ2) is 6.06. The number of Topliss-reactive ketones (excluding diaryl/α,β-unsaturated/α-hetero) is 2. The highest BCUT2D eigenvalue weighted by atomic mass is 16.2. The van der Waals surface area contributed by atoms with Gasteiger partial charge in [-0.15, -0.1) is 0 Å². The Labute approximate surface area is 89.5 Å². The molecule has 0 N–H and O–H groups in total. The molecular formula is C12H15NO2. The molecule has 0 spiro atoms. The number of pyridine rings is 1. The van der Waals surface area contributed by atoms with Crippen LogP contribution < -0.4 is 0 Å². The highest BCUT2D eigenvalue weighted by molar-refractivity contribution is 6.37. The van der Waals surface area contributed by atoms with Gasteiger partial charge in [0.15, 0.2) is 11.6 Å². The van der Waals surface area contributed by atoms with Crippen LogP contribution in [0.5, 0.6) is 0 Å². The number of aromatic nitrogens is 1. The molecule has 0 radical (unpaired) electrons. The smallest absolute Gasteiger partial charge is 0.198 e. The SMILES string of the molecule is Cc1ccccn1.O=C1CCCCC1=O. The van der Waals surface area contributed by atoms with Crippen LogP contribution in [0.2, 0.25) is 0 Å². The minimum Gasteiger partial charge on any atom is -0.291 e. The van der Waals surface area contributed by atoms with Gasteiger partial charge in [-0.25, -0.2) is 0 Å². The van der Waals surface area contributed by atoms with Gasteiger partial charge in [0.1, 0.15) is 0 Å². The van der Waals surface area contributed by atoms with Crippen LogP contribution in [0.1, 0.15) is 31.4 Å². The van der Waals surface area contributed by atoms with Gasteiger partial charge >= 0.3 is 0 Å². The van der Waals surface area contributed by atoms with E-state index >= 15 is 0 Å². The van der Waals surface area contributed by atoms with Gasteiger partial charge in [0, 0.05) is 24.7 Å². The molecule has 0 bridgehead atoms. The average Bonchev–Trinajstić information content (AvgIpc) is 2.25. The van der Waals surface area contributed by atoms with E-state index in [1.807, 2.05) is 25.1 Å². The molecule has 1 aromatic rings. The largest absolute Gasteiger partial charge is 0.291 e. The van der Waals surface area contributed by atoms with E-state index in [0.29, 0.717) is 12.8 Å². The molecule has 0 atom stereocenters. The number of ketones is 2. The van der Waals surface area contributed by atoms with Crippen molar-refractivity contribution in [2.75, 3.05) is 0 Å². The third-order valence-electron chi connectivity index (χ3n) is 2.18. The highest BCUT2D eigenvalue weighted by Gasteiger charge is 2.16. The zero-order valence-corrected chi connectivity index (χ0v) is 8.90. The van der Waals surface area contributed by atoms with Gasteiger partial charge in [-0.2, -0.15) is 0 Å². The maximum atomic E-state index is 10.4. The van der Waals surface area contributed by atoms with Crippen molar-refractivity contribution >= 4 is 11.6 Å². The van der Waals surface area contributed by atoms with E-state index in [2.05, 4.69) is 4.98 Å². The molecule has 1 aromatic heterocycles. The first-order valence-corrected chi connectivity index (χ1v) is 5.14. The van der Waals surface area contributed by atoms with E-state index in [4.69, 9.17) is 0 Å². The Kier molecular flexibility index (Phi) is 4.68. The summed E-state index contributed by atoms with van der Waals surface area (Å²) in [7, 11) is 0. The Morgan fingerprint density at radius 1 is 1.07 bits per heavy atom. The second-order valence-electron chi connectivity index (χ2n) is 3.52. The topological polar surface area (TPSA) is 47.0 Å². The summed E-state index contributed by atoms with van der Waals surface area (Å²) in [6.45, 7) is 1.97. The molecule has 0 amide bonds. The van der Waals surface area contributed by atoms with Crippen molar-refractivity contribution in [1.82, 2.24) is 4.98 Å². The van der Waals surface area contributed by atoms with Gasteiger partial charge in [-0.3, -0.25) is 14.6 Å². The van der Waals surface area contributed by atoms with Crippen LogP contribution in [0, 0.1) is 6.92 Å². The number of hydrogen-bond acceptors (Lipinski definition) is 3. The fourth-order valence-electron chi connectivity index (χ4n) is 1.30. The van der Waals surface area contributed by atoms with Gasteiger partial charge in [0.05, 0.1) is 0 Å². The Hall–Kier alpha value is -1.51. The number of rotatable bonds is 0. The first kappa shape index (κ1) is 11.6. The van der Waals surface area contributed by atoms with E-state index < -0.39 is 0 Å². The lowest BCUT2D eigenvalue weighted by molar-refractivity contribution is -0.137. The molecule has 1 aliphatic rings. The maximum Gasteiger partial charge on any atom is 0.198 e. The van der Waals surface area contributed by atoms with Gasteiger partial charge in [-0.05, 0) is 31.9 Å². The first-order valence-electron chi connectivity index (χ1n) is 5.14. The van der Waals surface area contributed by atoms with Crippen molar-refractivity contribution in [3.63, 3.8) is 0 Å². The van der Waals surface area contributed by atoms with E-state index in [9.17, 15) is 9.59 Å². The number of aryl methyl sites for hydroxylation is 1. The molecule has 3 heteroatoms. The number of carbonyl (C=O) groups excluding carboxylic acids is 2. The van der Waals surface area contributed by atoms with Crippen LogP contribution in [0.15, 0.2) is 24.4 Å². The summed E-state index contributed by atoms with van der Waals surface area (Å²) in [4.78, 5) is 24.9. The first-order chi connectivity index (χ1) is 7.20. The van der Waals surface area contributed by atoms with Gasteiger partial charge in [-0.1, -0.05) is 6.07 Å². The lowest BCUT2D eigenvalue weighted by atomic mass is 9.98. The molecular weight excluding hydrogens is 190 g/mol. The Morgan fingerprint density at radius 2 is 1.67 bits per heavy atom. The summed E-state index contributed by atoms with van der Waals surface area (Å²) in [6.07, 6.45) is 4.57. The van der Waals surface area contributed by atoms with Crippen molar-refractivity contribution in [1.29, 1.82) is 0 Å². The van der Waals surface area contributed by atoms with Crippen LogP contribution in [0.4, 0.5) is 0 Å². The molecule has 1 aliphatic carbocycles. The molecule has 0 aromatic carbocycles. The fourth-order valence-corrected chi connectivity index (χ4v) is 1.30. The zero-order chi connectivity index (χ0) is 11.1. The summed E-state index contributed by atoms with van der Waals surface area (Å²) in [5.74, 6) is -0.340. The molecule has 0 unspecified atom stereocenters. The summed E-state index contributed by atoms with van der Waals surface area (Å²) < 4.78 is 0. The molecule has 0 saturated heterocycles. The third kappa shape index (κ3) is 4.49. The predicted molar refractivity (Wildman–Crippen MR) is 57.5 cm³/mol. The van der Waals surface area contributed by atoms with E-state index in [-0.39, 0.29) is 11.6 Å². The standard InChI is InChI=1S/C6H7N.C6H8O2/c1-6-4-2-3-5-7-6;7-5-3-1-2-4-6(5)8/h2-5H,1H3;1-4H2. The molecule has 0 aliphatic heterocycles. The molecule has 80 valence electrons. The normalized spacial score (nSPS) is 15.5. The predicted octanol–water partition coefficient (Wildman–Crippen LogP) is 2.09. The molecule has 1 heterocycles. The van der Waals surface area contributed by atoms with Gasteiger partial charge in [0.2, 0.25) is 0 Å². The minimum atomic E-state index is -0.170. The molecule has 1 saturated carbocycles. The molecule has 3 nitrogen and oxygen atoms in total. The van der Waals surface area contributed by atoms with E-state index in [0.717, 1.165) is 18.5 Å². The van der Waals surface area contributed by atoms with Crippen molar-refractivity contribution < 1.29 is 9.59 Å². The second-order valence-corrected chi connectivity index (χ2v) is 3.52. The van der Waals surface area contributed by atoms with E-state index in [1.54, 1.807) is 6.20 Å². The van der Waals surface area contributed by atoms with Crippen LogP contribution in [-0.4, -0.2) is 16.6 Å². The highest BCUT2D eigenvalue weighted by Crippen LogP contribution is 2.09. The van der Waals surface area contributed by atoms with Crippen molar-refractivity contribution in [2.24, 2.45) is 0 Å². The minimum absolute atomic E-state index is 0.170. The number of carbonyl (C=O) groups is 2. The van der Waals surface area contributed by atoms with E-state index in [1.165, 1.54) is 0 Å². The summed E-state index contributed by atoms with van der Waals surface area (Å²) in [6, 6.07) is 5.86. The van der Waals surface area contributed by atoms with Crippen LogP contribution in [0.25, 0.3) is 0 Å². The quantitative estimate of drug-likeness (QED) is 0.609. The Morgan fingerprint density at radius 3 is 1.93 bits per heavy atom. The van der Waals surface area contributed by atoms with Crippen LogP contribution in [-0.2, 0) is 9.59 Å².